The first-order valence-corrected chi connectivity index (χ1v) is 8.55. The molecule has 3 aromatic rings. The van der Waals surface area contributed by atoms with Crippen molar-refractivity contribution >= 4 is 28.7 Å². The number of hydrogen-bond acceptors (Lipinski definition) is 5. The zero-order chi connectivity index (χ0) is 19.6. The fourth-order valence-electron chi connectivity index (χ4n) is 2.42. The van der Waals surface area contributed by atoms with E-state index in [4.69, 9.17) is 9.15 Å². The summed E-state index contributed by atoms with van der Waals surface area (Å²) < 4.78 is 10.5. The van der Waals surface area contributed by atoms with Gasteiger partial charge in [0.25, 0.3) is 0 Å². The predicted octanol–water partition coefficient (Wildman–Crippen LogP) is 3.67. The van der Waals surface area contributed by atoms with Gasteiger partial charge in [-0.3, -0.25) is 4.79 Å². The molecule has 0 aliphatic heterocycles. The summed E-state index contributed by atoms with van der Waals surface area (Å²) >= 11 is 0. The van der Waals surface area contributed by atoms with E-state index in [1.807, 2.05) is 6.07 Å². The van der Waals surface area contributed by atoms with E-state index in [0.29, 0.717) is 17.3 Å². The van der Waals surface area contributed by atoms with E-state index in [9.17, 15) is 9.59 Å². The van der Waals surface area contributed by atoms with E-state index in [1.165, 1.54) is 0 Å². The van der Waals surface area contributed by atoms with Crippen LogP contribution in [-0.4, -0.2) is 33.6 Å². The van der Waals surface area contributed by atoms with Crippen molar-refractivity contribution in [2.45, 2.75) is 39.3 Å². The monoisotopic (exact) mass is 370 g/mol. The molecular weight excluding hydrogens is 348 g/mol. The maximum Gasteiger partial charge on any atom is 0.408 e. The number of furan rings is 1. The van der Waals surface area contributed by atoms with Gasteiger partial charge in [-0.05, 0) is 58.0 Å². The maximum absolute atomic E-state index is 12.3. The lowest BCUT2D eigenvalue weighted by Gasteiger charge is -2.21. The van der Waals surface area contributed by atoms with Crippen LogP contribution in [0.25, 0.3) is 22.6 Å². The molecule has 3 rings (SSSR count). The Kier molecular flexibility index (Phi) is 4.89. The number of ether oxygens (including phenoxy) is 1. The summed E-state index contributed by atoms with van der Waals surface area (Å²) in [4.78, 5) is 31.7. The highest BCUT2D eigenvalue weighted by Crippen LogP contribution is 2.23. The molecule has 1 aromatic carbocycles. The van der Waals surface area contributed by atoms with Gasteiger partial charge in [0.05, 0.1) is 17.3 Å². The molecule has 0 aliphatic carbocycles. The molecular formula is C19H22N4O4. The van der Waals surface area contributed by atoms with E-state index in [2.05, 4.69) is 20.6 Å². The minimum Gasteiger partial charge on any atom is -0.461 e. The second-order valence-corrected chi connectivity index (χ2v) is 7.15. The molecule has 0 aliphatic rings. The van der Waals surface area contributed by atoms with Crippen molar-refractivity contribution in [3.63, 3.8) is 0 Å². The molecule has 0 unspecified atom stereocenters. The summed E-state index contributed by atoms with van der Waals surface area (Å²) in [6, 6.07) is 8.15. The van der Waals surface area contributed by atoms with Crippen LogP contribution in [0, 0.1) is 0 Å². The molecule has 0 bridgehead atoms. The molecule has 0 saturated heterocycles. The number of rotatable bonds is 4. The van der Waals surface area contributed by atoms with Gasteiger partial charge in [-0.1, -0.05) is 0 Å². The summed E-state index contributed by atoms with van der Waals surface area (Å²) in [5.41, 5.74) is 1.46. The summed E-state index contributed by atoms with van der Waals surface area (Å²) in [6.07, 6.45) is 0.935. The van der Waals surface area contributed by atoms with Crippen molar-refractivity contribution in [1.82, 2.24) is 15.3 Å². The molecule has 1 atom stereocenters. The number of anilines is 1. The zero-order valence-corrected chi connectivity index (χ0v) is 15.6. The molecule has 2 aromatic heterocycles. The van der Waals surface area contributed by atoms with Crippen LogP contribution in [0.4, 0.5) is 10.5 Å². The number of benzene rings is 1. The topological polar surface area (TPSA) is 109 Å². The third-order valence-electron chi connectivity index (χ3n) is 3.63. The van der Waals surface area contributed by atoms with Crippen LogP contribution in [0.2, 0.25) is 0 Å². The number of carbonyl (C=O) groups excluding carboxylic acids is 2. The van der Waals surface area contributed by atoms with E-state index < -0.39 is 17.7 Å². The lowest BCUT2D eigenvalue weighted by atomic mass is 10.2. The van der Waals surface area contributed by atoms with Crippen molar-refractivity contribution in [1.29, 1.82) is 0 Å². The molecule has 142 valence electrons. The average Bonchev–Trinajstić information content (AvgIpc) is 3.21. The van der Waals surface area contributed by atoms with Gasteiger partial charge >= 0.3 is 6.09 Å². The largest absolute Gasteiger partial charge is 0.461 e. The number of amides is 2. The van der Waals surface area contributed by atoms with Gasteiger partial charge in [0, 0.05) is 5.69 Å². The highest BCUT2D eigenvalue weighted by Gasteiger charge is 2.21. The van der Waals surface area contributed by atoms with Crippen LogP contribution in [0.1, 0.15) is 27.7 Å². The number of nitrogens with one attached hydrogen (secondary N) is 3. The zero-order valence-electron chi connectivity index (χ0n) is 15.6. The minimum atomic E-state index is -0.754. The summed E-state index contributed by atoms with van der Waals surface area (Å²) in [5, 5.41) is 5.28. The molecule has 8 nitrogen and oxygen atoms in total. The number of aromatic amines is 1. The molecule has 27 heavy (non-hydrogen) atoms. The van der Waals surface area contributed by atoms with Crippen molar-refractivity contribution < 1.29 is 18.7 Å². The third-order valence-corrected chi connectivity index (χ3v) is 3.63. The van der Waals surface area contributed by atoms with Gasteiger partial charge in [0.2, 0.25) is 5.91 Å². The fraction of sp³-hybridized carbons (Fsp3) is 0.316. The molecule has 0 spiro atoms. The number of alkyl carbamates (subject to hydrolysis) is 1. The van der Waals surface area contributed by atoms with Crippen molar-refractivity contribution in [2.75, 3.05) is 5.32 Å². The van der Waals surface area contributed by atoms with Crippen molar-refractivity contribution in [2.24, 2.45) is 0 Å². The van der Waals surface area contributed by atoms with Crippen LogP contribution in [0.15, 0.2) is 41.0 Å². The van der Waals surface area contributed by atoms with Gasteiger partial charge in [-0.15, -0.1) is 0 Å². The van der Waals surface area contributed by atoms with Crippen molar-refractivity contribution in [3.8, 4) is 11.6 Å². The summed E-state index contributed by atoms with van der Waals surface area (Å²) in [7, 11) is 0. The maximum atomic E-state index is 12.3. The van der Waals surface area contributed by atoms with E-state index in [0.717, 1.165) is 11.0 Å². The number of H-pyrrole nitrogens is 1. The summed E-state index contributed by atoms with van der Waals surface area (Å²) in [6.45, 7) is 6.86. The molecule has 0 fully saturated rings. The SMILES string of the molecule is C[C@@H](NC(=O)OC(C)(C)C)C(=O)Nc1ccc2nc(-c3ccco3)[nH]c2c1. The van der Waals surface area contributed by atoms with E-state index in [1.54, 1.807) is 58.2 Å². The average molecular weight is 370 g/mol. The first-order valence-electron chi connectivity index (χ1n) is 8.55. The Balaban J connectivity index is 1.67. The second-order valence-electron chi connectivity index (χ2n) is 7.15. The Hall–Kier alpha value is -3.29. The number of nitrogens with zero attached hydrogens (tertiary/aromatic N) is 1. The second kappa shape index (κ2) is 7.14. The molecule has 2 amide bonds. The smallest absolute Gasteiger partial charge is 0.408 e. The number of aromatic nitrogens is 2. The molecule has 2 heterocycles. The van der Waals surface area contributed by atoms with Crippen LogP contribution < -0.4 is 10.6 Å². The van der Waals surface area contributed by atoms with Gasteiger partial charge in [0.1, 0.15) is 11.6 Å². The molecule has 3 N–H and O–H groups in total. The number of hydrogen-bond donors (Lipinski definition) is 3. The lowest BCUT2D eigenvalue weighted by molar-refractivity contribution is -0.117. The Bertz CT molecular complexity index is 954. The number of imidazole rings is 1. The Morgan fingerprint density at radius 1 is 1.26 bits per heavy atom. The minimum absolute atomic E-state index is 0.356. The highest BCUT2D eigenvalue weighted by molar-refractivity contribution is 5.97. The van der Waals surface area contributed by atoms with E-state index in [-0.39, 0.29) is 5.91 Å². The molecule has 8 heteroatoms. The quantitative estimate of drug-likeness (QED) is 0.649. The van der Waals surface area contributed by atoms with Gasteiger partial charge in [-0.25, -0.2) is 9.78 Å². The Labute approximate surface area is 156 Å². The normalized spacial score (nSPS) is 12.6. The van der Waals surface area contributed by atoms with Gasteiger partial charge < -0.3 is 24.8 Å². The van der Waals surface area contributed by atoms with Crippen molar-refractivity contribution in [3.05, 3.63) is 36.6 Å². The highest BCUT2D eigenvalue weighted by atomic mass is 16.6. The number of carbonyl (C=O) groups is 2. The van der Waals surface area contributed by atoms with E-state index >= 15 is 0 Å². The third kappa shape index (κ3) is 4.66. The number of fused-ring (bicyclic) bond motifs is 1. The fourth-order valence-corrected chi connectivity index (χ4v) is 2.42. The predicted molar refractivity (Wildman–Crippen MR) is 101 cm³/mol. The first kappa shape index (κ1) is 18.5. The molecule has 0 radical (unpaired) electrons. The Morgan fingerprint density at radius 2 is 2.04 bits per heavy atom. The van der Waals surface area contributed by atoms with Gasteiger partial charge in [-0.2, -0.15) is 0 Å². The lowest BCUT2D eigenvalue weighted by Crippen LogP contribution is -2.43. The van der Waals surface area contributed by atoms with Crippen LogP contribution >= 0.6 is 0 Å². The van der Waals surface area contributed by atoms with Gasteiger partial charge in [0.15, 0.2) is 11.6 Å². The van der Waals surface area contributed by atoms with Crippen LogP contribution in [-0.2, 0) is 9.53 Å². The standard InChI is InChI=1S/C19H22N4O4/c1-11(20-18(25)27-19(2,3)4)17(24)21-12-7-8-13-14(10-12)23-16(22-13)15-6-5-9-26-15/h5-11H,1-4H3,(H,20,25)(H,21,24)(H,22,23)/t11-/m1/s1. The van der Waals surface area contributed by atoms with Crippen LogP contribution in [0.3, 0.4) is 0 Å². The molecule has 0 saturated carbocycles. The first-order chi connectivity index (χ1) is 12.7. The van der Waals surface area contributed by atoms with Crippen LogP contribution in [0.5, 0.6) is 0 Å². The summed E-state index contributed by atoms with van der Waals surface area (Å²) in [5.74, 6) is 0.886. The Morgan fingerprint density at radius 3 is 2.70 bits per heavy atom.